The molecule has 0 aliphatic carbocycles. The molecule has 0 bridgehead atoms. The minimum atomic E-state index is -3.27. The van der Waals surface area contributed by atoms with Crippen LogP contribution in [0.25, 0.3) is 16.0 Å². The zero-order valence-electron chi connectivity index (χ0n) is 19.8. The molecule has 0 amide bonds. The minimum Gasteiger partial charge on any atom is -0.306 e. The topological polar surface area (TPSA) is 58.8 Å². The standard InChI is InChI=1S/C27H26Cl2N2O3S/c1-5-35(33,34)23-10-6-18(7-11-23)12-22(32)13-19-14-24(28)27(25(29)15-19)20-8-9-21(17-31(3)4)26(16-20)30-2/h6-11,14-16H,5,12-13,17H2,1,3-4H3. The Labute approximate surface area is 217 Å². The molecule has 3 aromatic carbocycles. The Balaban J connectivity index is 1.78. The van der Waals surface area contributed by atoms with Crippen molar-refractivity contribution >= 4 is 44.5 Å². The largest absolute Gasteiger partial charge is 0.306 e. The number of nitrogens with zero attached hydrogens (tertiary/aromatic N) is 2. The molecular formula is C27H26Cl2N2O3S. The van der Waals surface area contributed by atoms with Crippen molar-refractivity contribution in [2.45, 2.75) is 31.2 Å². The first kappa shape index (κ1) is 26.9. The van der Waals surface area contributed by atoms with Gasteiger partial charge in [-0.3, -0.25) is 4.79 Å². The number of hydrogen-bond donors (Lipinski definition) is 0. The maximum atomic E-state index is 12.7. The number of ketones is 1. The van der Waals surface area contributed by atoms with Gasteiger partial charge in [-0.05, 0) is 66.7 Å². The van der Waals surface area contributed by atoms with Crippen LogP contribution < -0.4 is 0 Å². The van der Waals surface area contributed by atoms with Crippen LogP contribution in [0.4, 0.5) is 5.69 Å². The Kier molecular flexibility index (Phi) is 8.74. The summed E-state index contributed by atoms with van der Waals surface area (Å²) in [6.07, 6.45) is 0.314. The maximum Gasteiger partial charge on any atom is 0.192 e. The molecule has 0 saturated carbocycles. The van der Waals surface area contributed by atoms with Crippen LogP contribution in [0.2, 0.25) is 10.0 Å². The van der Waals surface area contributed by atoms with Crippen LogP contribution >= 0.6 is 23.2 Å². The molecule has 0 atom stereocenters. The Morgan fingerprint density at radius 2 is 1.54 bits per heavy atom. The lowest BCUT2D eigenvalue weighted by Crippen LogP contribution is -2.10. The van der Waals surface area contributed by atoms with Gasteiger partial charge in [-0.1, -0.05) is 54.4 Å². The molecule has 0 saturated heterocycles. The van der Waals surface area contributed by atoms with E-state index in [1.165, 1.54) is 12.1 Å². The average Bonchev–Trinajstić information content (AvgIpc) is 2.79. The molecule has 0 aliphatic heterocycles. The first-order valence-electron chi connectivity index (χ1n) is 11.0. The molecule has 0 radical (unpaired) electrons. The molecule has 0 unspecified atom stereocenters. The summed E-state index contributed by atoms with van der Waals surface area (Å²) in [5.74, 6) is -0.0123. The first-order chi connectivity index (χ1) is 16.5. The lowest BCUT2D eigenvalue weighted by molar-refractivity contribution is -0.117. The molecule has 35 heavy (non-hydrogen) atoms. The van der Waals surface area contributed by atoms with Crippen molar-refractivity contribution in [3.8, 4) is 11.1 Å². The van der Waals surface area contributed by atoms with Crippen molar-refractivity contribution in [1.29, 1.82) is 0 Å². The highest BCUT2D eigenvalue weighted by Crippen LogP contribution is 2.38. The van der Waals surface area contributed by atoms with Gasteiger partial charge < -0.3 is 4.90 Å². The monoisotopic (exact) mass is 528 g/mol. The van der Waals surface area contributed by atoms with Gasteiger partial charge in [-0.25, -0.2) is 13.3 Å². The third kappa shape index (κ3) is 6.71. The lowest BCUT2D eigenvalue weighted by atomic mass is 9.98. The summed E-state index contributed by atoms with van der Waals surface area (Å²) in [6, 6.07) is 15.4. The number of halogens is 2. The fraction of sp³-hybridized carbons (Fsp3) is 0.259. The second-order valence-electron chi connectivity index (χ2n) is 8.57. The van der Waals surface area contributed by atoms with E-state index in [1.807, 2.05) is 31.1 Å². The molecule has 182 valence electrons. The summed E-state index contributed by atoms with van der Waals surface area (Å²) in [5, 5.41) is 0.816. The zero-order chi connectivity index (χ0) is 25.8. The maximum absolute atomic E-state index is 12.7. The summed E-state index contributed by atoms with van der Waals surface area (Å²) < 4.78 is 23.9. The SMILES string of the molecule is [C-]#[N+]c1cc(-c2c(Cl)cc(CC(=O)Cc3ccc(S(=O)(=O)CC)cc3)cc2Cl)ccc1CN(C)C. The van der Waals surface area contributed by atoms with Gasteiger partial charge >= 0.3 is 0 Å². The highest BCUT2D eigenvalue weighted by atomic mass is 35.5. The molecule has 3 aromatic rings. The summed E-state index contributed by atoms with van der Waals surface area (Å²) in [6.45, 7) is 9.77. The molecule has 0 aromatic heterocycles. The number of benzene rings is 3. The van der Waals surface area contributed by atoms with Crippen LogP contribution in [0.1, 0.15) is 23.6 Å². The smallest absolute Gasteiger partial charge is 0.192 e. The van der Waals surface area contributed by atoms with Crippen LogP contribution in [-0.2, 0) is 34.0 Å². The van der Waals surface area contributed by atoms with E-state index < -0.39 is 9.84 Å². The minimum absolute atomic E-state index is 0.0300. The van der Waals surface area contributed by atoms with E-state index in [1.54, 1.807) is 37.3 Å². The van der Waals surface area contributed by atoms with Gasteiger partial charge in [-0.2, -0.15) is 0 Å². The van der Waals surface area contributed by atoms with E-state index in [9.17, 15) is 13.2 Å². The molecule has 0 aliphatic rings. The van der Waals surface area contributed by atoms with E-state index >= 15 is 0 Å². The van der Waals surface area contributed by atoms with Crippen LogP contribution in [-0.4, -0.2) is 38.9 Å². The number of Topliss-reactive ketones (excluding diaryl/α,β-unsaturated/α-hetero) is 1. The van der Waals surface area contributed by atoms with Gasteiger partial charge in [0.15, 0.2) is 15.5 Å². The van der Waals surface area contributed by atoms with Gasteiger partial charge in [0.2, 0.25) is 0 Å². The molecule has 0 spiro atoms. The van der Waals surface area contributed by atoms with Crippen molar-refractivity contribution in [3.63, 3.8) is 0 Å². The Bertz CT molecular complexity index is 1370. The predicted octanol–water partition coefficient (Wildman–Crippen LogP) is 6.42. The number of carbonyl (C=O) groups excluding carboxylic acids is 1. The third-order valence-corrected chi connectivity index (χ3v) is 7.89. The van der Waals surface area contributed by atoms with Crippen LogP contribution in [0.3, 0.4) is 0 Å². The normalized spacial score (nSPS) is 11.5. The van der Waals surface area contributed by atoms with Crippen molar-refractivity contribution < 1.29 is 13.2 Å². The number of hydrogen-bond acceptors (Lipinski definition) is 4. The molecule has 3 rings (SSSR count). The van der Waals surface area contributed by atoms with Crippen molar-refractivity contribution in [2.75, 3.05) is 19.8 Å². The van der Waals surface area contributed by atoms with E-state index in [4.69, 9.17) is 29.8 Å². The van der Waals surface area contributed by atoms with Gasteiger partial charge in [0, 0.05) is 24.9 Å². The number of carbonyl (C=O) groups is 1. The number of sulfone groups is 1. The molecule has 0 heterocycles. The molecule has 5 nitrogen and oxygen atoms in total. The number of rotatable bonds is 9. The van der Waals surface area contributed by atoms with E-state index in [-0.39, 0.29) is 29.3 Å². The summed E-state index contributed by atoms with van der Waals surface area (Å²) >= 11 is 13.1. The molecule has 0 fully saturated rings. The molecular weight excluding hydrogens is 503 g/mol. The van der Waals surface area contributed by atoms with Gasteiger partial charge in [0.1, 0.15) is 5.78 Å². The Morgan fingerprint density at radius 3 is 2.09 bits per heavy atom. The predicted molar refractivity (Wildman–Crippen MR) is 142 cm³/mol. The van der Waals surface area contributed by atoms with Gasteiger partial charge in [0.25, 0.3) is 0 Å². The average molecular weight is 529 g/mol. The fourth-order valence-electron chi connectivity index (χ4n) is 3.80. The van der Waals surface area contributed by atoms with E-state index in [0.717, 1.165) is 16.7 Å². The Morgan fingerprint density at radius 1 is 0.943 bits per heavy atom. The summed E-state index contributed by atoms with van der Waals surface area (Å²) in [4.78, 5) is 18.6. The summed E-state index contributed by atoms with van der Waals surface area (Å²) in [7, 11) is 0.618. The van der Waals surface area contributed by atoms with Gasteiger partial charge in [0.05, 0.1) is 27.3 Å². The molecule has 8 heteroatoms. The van der Waals surface area contributed by atoms with Crippen molar-refractivity contribution in [2.24, 2.45) is 0 Å². The van der Waals surface area contributed by atoms with E-state index in [0.29, 0.717) is 33.4 Å². The van der Waals surface area contributed by atoms with Crippen molar-refractivity contribution in [3.05, 3.63) is 92.8 Å². The highest BCUT2D eigenvalue weighted by molar-refractivity contribution is 7.91. The zero-order valence-corrected chi connectivity index (χ0v) is 22.1. The van der Waals surface area contributed by atoms with Crippen LogP contribution in [0.15, 0.2) is 59.5 Å². The summed E-state index contributed by atoms with van der Waals surface area (Å²) in [5.41, 5.74) is 4.26. The lowest BCUT2D eigenvalue weighted by Gasteiger charge is -2.14. The van der Waals surface area contributed by atoms with Crippen molar-refractivity contribution in [1.82, 2.24) is 4.90 Å². The highest BCUT2D eigenvalue weighted by Gasteiger charge is 2.16. The quantitative estimate of drug-likeness (QED) is 0.300. The second kappa shape index (κ2) is 11.4. The van der Waals surface area contributed by atoms with Crippen LogP contribution in [0.5, 0.6) is 0 Å². The van der Waals surface area contributed by atoms with E-state index in [2.05, 4.69) is 4.85 Å². The van der Waals surface area contributed by atoms with Gasteiger partial charge in [-0.15, -0.1) is 0 Å². The second-order valence-corrected chi connectivity index (χ2v) is 11.7. The fourth-order valence-corrected chi connectivity index (χ4v) is 5.44. The molecule has 0 N–H and O–H groups in total. The first-order valence-corrected chi connectivity index (χ1v) is 13.4. The Hall–Kier alpha value is -2.69. The third-order valence-electron chi connectivity index (χ3n) is 5.55. The van der Waals surface area contributed by atoms with Crippen LogP contribution in [0, 0.1) is 6.57 Å².